The number of anilines is 1. The van der Waals surface area contributed by atoms with Gasteiger partial charge in [0.2, 0.25) is 0 Å². The van der Waals surface area contributed by atoms with Crippen molar-refractivity contribution in [2.45, 2.75) is 0 Å². The lowest BCUT2D eigenvalue weighted by Gasteiger charge is -2.16. The van der Waals surface area contributed by atoms with Gasteiger partial charge in [-0.05, 0) is 24.3 Å². The number of imide groups is 1. The van der Waals surface area contributed by atoms with Crippen LogP contribution in [0.3, 0.4) is 0 Å². The van der Waals surface area contributed by atoms with E-state index in [0.29, 0.717) is 28.2 Å². The summed E-state index contributed by atoms with van der Waals surface area (Å²) in [5, 5.41) is 7.61. The lowest BCUT2D eigenvalue weighted by molar-refractivity contribution is 0.0925. The van der Waals surface area contributed by atoms with E-state index in [4.69, 9.17) is 4.74 Å². The summed E-state index contributed by atoms with van der Waals surface area (Å²) in [5.41, 5.74) is 2.59. The van der Waals surface area contributed by atoms with Gasteiger partial charge in [-0.2, -0.15) is 5.10 Å². The zero-order valence-electron chi connectivity index (χ0n) is 14.7. The standard InChI is InChI=1S/C20H13N5O3/c1-28-14-7-3-2-6-13(14)25-19(26)12-10-22-18-16(15(12)20(25)27)17(23-24-18)11-5-4-8-21-9-11/h2-10H,1H3,(H,22,23,24). The normalized spacial score (nSPS) is 13.2. The molecule has 4 aromatic rings. The smallest absolute Gasteiger partial charge is 0.267 e. The van der Waals surface area contributed by atoms with Crippen molar-refractivity contribution in [3.05, 3.63) is 66.1 Å². The molecule has 1 N–H and O–H groups in total. The SMILES string of the molecule is COc1ccccc1N1C(=O)c2cnc3n[nH]c(-c4cccnc4)c3c2C1=O. The number of benzene rings is 1. The Hall–Kier alpha value is -4.07. The molecule has 8 heteroatoms. The quantitative estimate of drug-likeness (QED) is 0.556. The largest absolute Gasteiger partial charge is 0.495 e. The Labute approximate surface area is 158 Å². The number of rotatable bonds is 3. The molecule has 4 heterocycles. The molecule has 0 spiro atoms. The molecule has 0 atom stereocenters. The van der Waals surface area contributed by atoms with Gasteiger partial charge in [-0.1, -0.05) is 12.1 Å². The molecule has 1 aromatic carbocycles. The molecule has 0 radical (unpaired) electrons. The number of pyridine rings is 2. The van der Waals surface area contributed by atoms with Gasteiger partial charge in [-0.15, -0.1) is 0 Å². The van der Waals surface area contributed by atoms with Crippen molar-refractivity contribution in [1.82, 2.24) is 20.2 Å². The van der Waals surface area contributed by atoms with Crippen molar-refractivity contribution < 1.29 is 14.3 Å². The van der Waals surface area contributed by atoms with Crippen LogP contribution < -0.4 is 9.64 Å². The molecular formula is C20H13N5O3. The number of carbonyl (C=O) groups excluding carboxylic acids is 2. The maximum absolute atomic E-state index is 13.3. The van der Waals surface area contributed by atoms with Gasteiger partial charge in [0.25, 0.3) is 11.8 Å². The molecule has 0 saturated heterocycles. The van der Waals surface area contributed by atoms with Crippen LogP contribution in [0.4, 0.5) is 5.69 Å². The van der Waals surface area contributed by atoms with E-state index in [2.05, 4.69) is 20.2 Å². The van der Waals surface area contributed by atoms with Crippen molar-refractivity contribution in [2.24, 2.45) is 0 Å². The number of amides is 2. The van der Waals surface area contributed by atoms with Crippen LogP contribution in [0.5, 0.6) is 5.75 Å². The average molecular weight is 371 g/mol. The van der Waals surface area contributed by atoms with Gasteiger partial charge < -0.3 is 4.74 Å². The highest BCUT2D eigenvalue weighted by Crippen LogP contribution is 2.38. The second-order valence-electron chi connectivity index (χ2n) is 6.20. The maximum Gasteiger partial charge on any atom is 0.267 e. The summed E-state index contributed by atoms with van der Waals surface area (Å²) in [6.07, 6.45) is 4.70. The second kappa shape index (κ2) is 5.98. The first kappa shape index (κ1) is 16.1. The number of nitrogens with zero attached hydrogens (tertiary/aromatic N) is 4. The number of fused-ring (bicyclic) bond motifs is 3. The lowest BCUT2D eigenvalue weighted by atomic mass is 10.0. The van der Waals surface area contributed by atoms with Gasteiger partial charge in [-0.25, -0.2) is 9.88 Å². The third-order valence-electron chi connectivity index (χ3n) is 4.71. The van der Waals surface area contributed by atoms with Crippen LogP contribution >= 0.6 is 0 Å². The number of H-pyrrole nitrogens is 1. The number of methoxy groups -OCH3 is 1. The van der Waals surface area contributed by atoms with Crippen molar-refractivity contribution in [1.29, 1.82) is 0 Å². The highest BCUT2D eigenvalue weighted by atomic mass is 16.5. The van der Waals surface area contributed by atoms with E-state index in [1.165, 1.54) is 13.3 Å². The molecule has 2 amide bonds. The number of nitrogens with one attached hydrogen (secondary N) is 1. The first-order valence-corrected chi connectivity index (χ1v) is 8.50. The molecule has 0 unspecified atom stereocenters. The second-order valence-corrected chi connectivity index (χ2v) is 6.20. The predicted molar refractivity (Wildman–Crippen MR) is 101 cm³/mol. The number of aromatic amines is 1. The summed E-state index contributed by atoms with van der Waals surface area (Å²) < 4.78 is 5.33. The number of carbonyl (C=O) groups is 2. The van der Waals surface area contributed by atoms with Gasteiger partial charge in [-0.3, -0.25) is 19.7 Å². The number of ether oxygens (including phenoxy) is 1. The summed E-state index contributed by atoms with van der Waals surface area (Å²) in [6.45, 7) is 0. The summed E-state index contributed by atoms with van der Waals surface area (Å²) >= 11 is 0. The minimum atomic E-state index is -0.447. The lowest BCUT2D eigenvalue weighted by Crippen LogP contribution is -2.29. The summed E-state index contributed by atoms with van der Waals surface area (Å²) in [4.78, 5) is 35.9. The molecule has 28 heavy (non-hydrogen) atoms. The van der Waals surface area contributed by atoms with Crippen molar-refractivity contribution in [3.63, 3.8) is 0 Å². The number of hydrogen-bond donors (Lipinski definition) is 1. The highest BCUT2D eigenvalue weighted by Gasteiger charge is 2.41. The van der Waals surface area contributed by atoms with E-state index >= 15 is 0 Å². The van der Waals surface area contributed by atoms with Crippen LogP contribution in [-0.4, -0.2) is 39.1 Å². The molecule has 0 bridgehead atoms. The molecule has 3 aromatic heterocycles. The van der Waals surface area contributed by atoms with Gasteiger partial charge in [0.05, 0.1) is 35.0 Å². The van der Waals surface area contributed by atoms with E-state index < -0.39 is 11.8 Å². The fourth-order valence-corrected chi connectivity index (χ4v) is 3.45. The summed E-state index contributed by atoms with van der Waals surface area (Å²) in [7, 11) is 1.49. The van der Waals surface area contributed by atoms with Crippen molar-refractivity contribution in [2.75, 3.05) is 12.0 Å². The van der Waals surface area contributed by atoms with E-state index in [0.717, 1.165) is 10.5 Å². The molecule has 136 valence electrons. The third-order valence-corrected chi connectivity index (χ3v) is 4.71. The Balaban J connectivity index is 1.75. The Morgan fingerprint density at radius 3 is 2.68 bits per heavy atom. The van der Waals surface area contributed by atoms with Crippen LogP contribution in [-0.2, 0) is 0 Å². The van der Waals surface area contributed by atoms with Gasteiger partial charge >= 0.3 is 0 Å². The first-order chi connectivity index (χ1) is 13.7. The fourth-order valence-electron chi connectivity index (χ4n) is 3.45. The Morgan fingerprint density at radius 1 is 1.04 bits per heavy atom. The topological polar surface area (TPSA) is 101 Å². The number of para-hydroxylation sites is 2. The van der Waals surface area contributed by atoms with Crippen LogP contribution in [0.25, 0.3) is 22.3 Å². The molecule has 0 saturated carbocycles. The zero-order chi connectivity index (χ0) is 19.3. The van der Waals surface area contributed by atoms with E-state index in [-0.39, 0.29) is 11.1 Å². The van der Waals surface area contributed by atoms with Gasteiger partial charge in [0.1, 0.15) is 5.75 Å². The van der Waals surface area contributed by atoms with Crippen molar-refractivity contribution >= 4 is 28.5 Å². The molecule has 0 fully saturated rings. The molecule has 0 aliphatic carbocycles. The monoisotopic (exact) mass is 371 g/mol. The Morgan fingerprint density at radius 2 is 1.89 bits per heavy atom. The number of hydrogen-bond acceptors (Lipinski definition) is 6. The molecule has 1 aliphatic heterocycles. The highest BCUT2D eigenvalue weighted by molar-refractivity contribution is 6.38. The summed E-state index contributed by atoms with van der Waals surface area (Å²) in [5.74, 6) is -0.457. The average Bonchev–Trinajstić information content (AvgIpc) is 3.28. The third kappa shape index (κ3) is 2.14. The maximum atomic E-state index is 13.3. The van der Waals surface area contributed by atoms with Gasteiger partial charge in [0, 0.05) is 24.2 Å². The molecule has 5 rings (SSSR count). The molecular weight excluding hydrogens is 358 g/mol. The van der Waals surface area contributed by atoms with E-state index in [9.17, 15) is 9.59 Å². The minimum absolute atomic E-state index is 0.231. The number of aromatic nitrogens is 4. The Kier molecular flexibility index (Phi) is 3.45. The van der Waals surface area contributed by atoms with Crippen LogP contribution in [0.2, 0.25) is 0 Å². The van der Waals surface area contributed by atoms with Gasteiger partial charge in [0.15, 0.2) is 5.65 Å². The van der Waals surface area contributed by atoms with Crippen LogP contribution in [0.1, 0.15) is 20.7 Å². The molecule has 1 aliphatic rings. The summed E-state index contributed by atoms with van der Waals surface area (Å²) in [6, 6.07) is 10.5. The van der Waals surface area contributed by atoms with E-state index in [1.807, 2.05) is 6.07 Å². The first-order valence-electron chi connectivity index (χ1n) is 8.50. The minimum Gasteiger partial charge on any atom is -0.495 e. The fraction of sp³-hybridized carbons (Fsp3) is 0.0500. The van der Waals surface area contributed by atoms with Crippen LogP contribution in [0, 0.1) is 0 Å². The van der Waals surface area contributed by atoms with Crippen LogP contribution in [0.15, 0.2) is 55.0 Å². The predicted octanol–water partition coefficient (Wildman–Crippen LogP) is 2.83. The van der Waals surface area contributed by atoms with Crippen molar-refractivity contribution in [3.8, 4) is 17.0 Å². The van der Waals surface area contributed by atoms with E-state index in [1.54, 1.807) is 42.7 Å². The Bertz CT molecular complexity index is 1250. The zero-order valence-corrected chi connectivity index (χ0v) is 14.7. The molecule has 8 nitrogen and oxygen atoms in total.